The first-order valence-electron chi connectivity index (χ1n) is 9.93. The largest absolute Gasteiger partial charge is 0.489 e. The molecule has 5 heteroatoms. The van der Waals surface area contributed by atoms with Crippen LogP contribution in [0.2, 0.25) is 0 Å². The molecule has 0 spiro atoms. The summed E-state index contributed by atoms with van der Waals surface area (Å²) < 4.78 is 12.0. The first-order valence-corrected chi connectivity index (χ1v) is 9.93. The lowest BCUT2D eigenvalue weighted by atomic mass is 9.99. The average Bonchev–Trinajstić information content (AvgIpc) is 3.12. The molecular formula is C25H25NO4. The third kappa shape index (κ3) is 4.39. The highest BCUT2D eigenvalue weighted by Crippen LogP contribution is 2.33. The maximum absolute atomic E-state index is 9.32. The van der Waals surface area contributed by atoms with Gasteiger partial charge in [-0.25, -0.2) is 0 Å². The highest BCUT2D eigenvalue weighted by molar-refractivity contribution is 5.93. The van der Waals surface area contributed by atoms with Gasteiger partial charge < -0.3 is 25.1 Å². The molecule has 0 radical (unpaired) electrons. The fourth-order valence-electron chi connectivity index (χ4n) is 3.68. The Hall–Kier alpha value is -3.12. The molecule has 0 saturated heterocycles. The summed E-state index contributed by atoms with van der Waals surface area (Å²) in [4.78, 5) is 0. The minimum Gasteiger partial charge on any atom is -0.489 e. The van der Waals surface area contributed by atoms with Crippen LogP contribution in [0.5, 0.6) is 5.75 Å². The van der Waals surface area contributed by atoms with E-state index in [0.29, 0.717) is 18.9 Å². The number of benzene rings is 3. The highest BCUT2D eigenvalue weighted by atomic mass is 16.5. The number of aryl methyl sites for hydroxylation is 1. The van der Waals surface area contributed by atoms with Crippen LogP contribution in [0.3, 0.4) is 0 Å². The van der Waals surface area contributed by atoms with Crippen LogP contribution in [-0.4, -0.2) is 16.5 Å². The molecule has 0 atom stereocenters. The molecule has 5 nitrogen and oxygen atoms in total. The van der Waals surface area contributed by atoms with Crippen LogP contribution in [0.1, 0.15) is 22.5 Å². The molecule has 154 valence electrons. The van der Waals surface area contributed by atoms with Crippen molar-refractivity contribution in [1.82, 2.24) is 0 Å². The minimum atomic E-state index is -1.42. The molecule has 4 aromatic rings. The van der Waals surface area contributed by atoms with Gasteiger partial charge in [-0.1, -0.05) is 36.4 Å². The van der Waals surface area contributed by atoms with Crippen LogP contribution in [0.25, 0.3) is 22.1 Å². The van der Waals surface area contributed by atoms with Gasteiger partial charge in [0.2, 0.25) is 0 Å². The van der Waals surface area contributed by atoms with Gasteiger partial charge in [0.1, 0.15) is 23.7 Å². The molecule has 3 aromatic carbocycles. The van der Waals surface area contributed by atoms with Crippen molar-refractivity contribution in [1.29, 1.82) is 0 Å². The Bertz CT molecular complexity index is 1160. The maximum Gasteiger partial charge on any atom is 0.155 e. The second-order valence-corrected chi connectivity index (χ2v) is 7.40. The SMILES string of the molecule is Cc1cc2cc(COc3ccccc3CC(O)O)cc(-c3cccc(CN)c3)c2o1. The van der Waals surface area contributed by atoms with Gasteiger partial charge in [0.15, 0.2) is 6.29 Å². The van der Waals surface area contributed by atoms with Crippen molar-refractivity contribution < 1.29 is 19.4 Å². The van der Waals surface area contributed by atoms with Crippen molar-refractivity contribution >= 4 is 11.0 Å². The highest BCUT2D eigenvalue weighted by Gasteiger charge is 2.13. The van der Waals surface area contributed by atoms with Crippen molar-refractivity contribution in [3.05, 3.63) is 89.2 Å². The molecule has 0 aliphatic heterocycles. The van der Waals surface area contributed by atoms with Crippen LogP contribution in [0.15, 0.2) is 71.1 Å². The molecule has 30 heavy (non-hydrogen) atoms. The van der Waals surface area contributed by atoms with Gasteiger partial charge in [-0.15, -0.1) is 0 Å². The van der Waals surface area contributed by atoms with E-state index >= 15 is 0 Å². The summed E-state index contributed by atoms with van der Waals surface area (Å²) in [6, 6.07) is 21.7. The van der Waals surface area contributed by atoms with Crippen molar-refractivity contribution in [3.8, 4) is 16.9 Å². The molecule has 4 rings (SSSR count). The smallest absolute Gasteiger partial charge is 0.155 e. The lowest BCUT2D eigenvalue weighted by Crippen LogP contribution is -2.09. The summed E-state index contributed by atoms with van der Waals surface area (Å²) in [5.41, 5.74) is 11.5. The normalized spacial score (nSPS) is 11.4. The number of aliphatic hydroxyl groups excluding tert-OH is 1. The molecule has 0 amide bonds. The van der Waals surface area contributed by atoms with E-state index < -0.39 is 6.29 Å². The number of ether oxygens (including phenoxy) is 1. The lowest BCUT2D eigenvalue weighted by molar-refractivity contribution is -0.0385. The van der Waals surface area contributed by atoms with E-state index in [1.165, 1.54) is 0 Å². The van der Waals surface area contributed by atoms with Gasteiger partial charge in [-0.3, -0.25) is 0 Å². The molecule has 0 unspecified atom stereocenters. The zero-order valence-electron chi connectivity index (χ0n) is 16.8. The number of nitrogens with two attached hydrogens (primary N) is 1. The van der Waals surface area contributed by atoms with Crippen LogP contribution in [0.4, 0.5) is 0 Å². The van der Waals surface area contributed by atoms with E-state index in [2.05, 4.69) is 18.2 Å². The van der Waals surface area contributed by atoms with E-state index in [1.54, 1.807) is 0 Å². The van der Waals surface area contributed by atoms with E-state index in [0.717, 1.165) is 44.5 Å². The van der Waals surface area contributed by atoms with Crippen molar-refractivity contribution in [3.63, 3.8) is 0 Å². The summed E-state index contributed by atoms with van der Waals surface area (Å²) in [5, 5.41) is 19.7. The molecule has 0 saturated carbocycles. The first kappa shape index (κ1) is 20.2. The molecule has 0 bridgehead atoms. The summed E-state index contributed by atoms with van der Waals surface area (Å²) in [7, 11) is 0. The third-order valence-electron chi connectivity index (χ3n) is 5.04. The van der Waals surface area contributed by atoms with Gasteiger partial charge in [0.05, 0.1) is 0 Å². The summed E-state index contributed by atoms with van der Waals surface area (Å²) >= 11 is 0. The molecule has 0 aliphatic carbocycles. The first-order chi connectivity index (χ1) is 14.5. The maximum atomic E-state index is 9.32. The summed E-state index contributed by atoms with van der Waals surface area (Å²) in [6.07, 6.45) is -1.30. The second kappa shape index (κ2) is 8.71. The van der Waals surface area contributed by atoms with Gasteiger partial charge in [-0.2, -0.15) is 0 Å². The van der Waals surface area contributed by atoms with Crippen molar-refractivity contribution in [2.75, 3.05) is 0 Å². The Labute approximate surface area is 175 Å². The topological polar surface area (TPSA) is 88.8 Å². The van der Waals surface area contributed by atoms with Gasteiger partial charge in [-0.05, 0) is 59.5 Å². The number of furan rings is 1. The van der Waals surface area contributed by atoms with Crippen LogP contribution < -0.4 is 10.5 Å². The molecule has 1 aromatic heterocycles. The Morgan fingerprint density at radius 1 is 0.967 bits per heavy atom. The van der Waals surface area contributed by atoms with E-state index in [9.17, 15) is 10.2 Å². The standard InChI is InChI=1S/C25H25NO4/c1-16-9-21-11-18(15-29-23-8-3-2-6-20(23)13-24(27)28)12-22(25(21)30-16)19-7-4-5-17(10-19)14-26/h2-12,24,27-28H,13-15,26H2,1H3. The predicted octanol–water partition coefficient (Wildman–Crippen LogP) is 4.30. The quantitative estimate of drug-likeness (QED) is 0.401. The van der Waals surface area contributed by atoms with Crippen LogP contribution in [-0.2, 0) is 19.6 Å². The van der Waals surface area contributed by atoms with E-state index in [4.69, 9.17) is 14.9 Å². The number of fused-ring (bicyclic) bond motifs is 1. The Morgan fingerprint density at radius 2 is 1.80 bits per heavy atom. The van der Waals surface area contributed by atoms with Gasteiger partial charge in [0.25, 0.3) is 0 Å². The fourth-order valence-corrected chi connectivity index (χ4v) is 3.68. The average molecular weight is 403 g/mol. The number of rotatable bonds is 7. The number of para-hydroxylation sites is 1. The third-order valence-corrected chi connectivity index (χ3v) is 5.04. The van der Waals surface area contributed by atoms with Gasteiger partial charge in [0, 0.05) is 23.9 Å². The number of hydrogen-bond donors (Lipinski definition) is 3. The Kier molecular flexibility index (Phi) is 5.86. The minimum absolute atomic E-state index is 0.118. The van der Waals surface area contributed by atoms with Crippen molar-refractivity contribution in [2.24, 2.45) is 5.73 Å². The van der Waals surface area contributed by atoms with Crippen molar-refractivity contribution in [2.45, 2.75) is 32.8 Å². The molecule has 0 fully saturated rings. The fraction of sp³-hybridized carbons (Fsp3) is 0.200. The summed E-state index contributed by atoms with van der Waals surface area (Å²) in [6.45, 7) is 2.76. The summed E-state index contributed by atoms with van der Waals surface area (Å²) in [5.74, 6) is 1.49. The zero-order chi connectivity index (χ0) is 21.1. The second-order valence-electron chi connectivity index (χ2n) is 7.40. The van der Waals surface area contributed by atoms with Crippen LogP contribution >= 0.6 is 0 Å². The number of aliphatic hydroxyl groups is 2. The number of hydrogen-bond acceptors (Lipinski definition) is 5. The Morgan fingerprint density at radius 3 is 2.60 bits per heavy atom. The molecular weight excluding hydrogens is 378 g/mol. The predicted molar refractivity (Wildman–Crippen MR) is 117 cm³/mol. The molecule has 4 N–H and O–H groups in total. The van der Waals surface area contributed by atoms with E-state index in [1.807, 2.05) is 55.5 Å². The van der Waals surface area contributed by atoms with Gasteiger partial charge >= 0.3 is 0 Å². The van der Waals surface area contributed by atoms with E-state index in [-0.39, 0.29) is 6.42 Å². The monoisotopic (exact) mass is 403 g/mol. The molecule has 1 heterocycles. The zero-order valence-corrected chi connectivity index (χ0v) is 16.8. The molecule has 0 aliphatic rings. The Balaban J connectivity index is 1.69. The lowest BCUT2D eigenvalue weighted by Gasteiger charge is -2.13. The van der Waals surface area contributed by atoms with Crippen LogP contribution in [0, 0.1) is 6.92 Å².